The fourth-order valence-corrected chi connectivity index (χ4v) is 3.00. The molecule has 0 heterocycles. The number of rotatable bonds is 6. The van der Waals surface area contributed by atoms with E-state index in [1.54, 1.807) is 24.3 Å². The Morgan fingerprint density at radius 2 is 1.56 bits per heavy atom. The number of sulfonamides is 1. The summed E-state index contributed by atoms with van der Waals surface area (Å²) in [5.74, 6) is -0.791. The number of nitrogens with two attached hydrogens (primary N) is 1. The second kappa shape index (κ2) is 7.45. The third-order valence-corrected chi connectivity index (χ3v) is 5.31. The minimum Gasteiger partial charge on any atom is -0.369 e. The average Bonchev–Trinajstić information content (AvgIpc) is 2.56. The number of hydrogen-bond acceptors (Lipinski definition) is 4. The Balaban J connectivity index is 2.10. The summed E-state index contributed by atoms with van der Waals surface area (Å²) < 4.78 is 25.1. The molecule has 8 heteroatoms. The molecule has 0 unspecified atom stereocenters. The molecule has 0 spiro atoms. The highest BCUT2D eigenvalue weighted by molar-refractivity contribution is 7.89. The van der Waals surface area contributed by atoms with E-state index in [2.05, 4.69) is 5.32 Å². The van der Waals surface area contributed by atoms with Crippen LogP contribution in [-0.2, 0) is 21.2 Å². The maximum Gasteiger partial charge on any atom is 0.255 e. The van der Waals surface area contributed by atoms with Gasteiger partial charge in [-0.15, -0.1) is 0 Å². The molecule has 0 bridgehead atoms. The van der Waals surface area contributed by atoms with Crippen molar-refractivity contribution in [2.75, 3.05) is 19.4 Å². The molecule has 0 aromatic heterocycles. The van der Waals surface area contributed by atoms with Gasteiger partial charge in [-0.1, -0.05) is 12.1 Å². The lowest BCUT2D eigenvalue weighted by atomic mass is 10.1. The topological polar surface area (TPSA) is 110 Å². The predicted molar refractivity (Wildman–Crippen MR) is 94.6 cm³/mol. The molecule has 0 aliphatic carbocycles. The van der Waals surface area contributed by atoms with Gasteiger partial charge in [-0.2, -0.15) is 0 Å². The van der Waals surface area contributed by atoms with Crippen LogP contribution in [0.2, 0.25) is 0 Å². The number of nitrogens with one attached hydrogen (secondary N) is 1. The van der Waals surface area contributed by atoms with Gasteiger partial charge in [0.05, 0.1) is 11.3 Å². The second-order valence-corrected chi connectivity index (χ2v) is 7.76. The van der Waals surface area contributed by atoms with Crippen LogP contribution in [0.1, 0.15) is 15.9 Å². The summed E-state index contributed by atoms with van der Waals surface area (Å²) in [5, 5.41) is 2.70. The summed E-state index contributed by atoms with van der Waals surface area (Å²) in [6.45, 7) is 0. The zero-order valence-electron chi connectivity index (χ0n) is 13.9. The van der Waals surface area contributed by atoms with E-state index >= 15 is 0 Å². The summed E-state index contributed by atoms with van der Waals surface area (Å²) >= 11 is 0. The maximum absolute atomic E-state index is 12.2. The second-order valence-electron chi connectivity index (χ2n) is 5.61. The van der Waals surface area contributed by atoms with E-state index in [0.29, 0.717) is 11.3 Å². The Morgan fingerprint density at radius 3 is 2.04 bits per heavy atom. The highest BCUT2D eigenvalue weighted by Crippen LogP contribution is 2.16. The molecular formula is C17H19N3O4S. The molecular weight excluding hydrogens is 342 g/mol. The molecule has 132 valence electrons. The molecule has 2 rings (SSSR count). The van der Waals surface area contributed by atoms with Gasteiger partial charge in [0, 0.05) is 25.3 Å². The van der Waals surface area contributed by atoms with Crippen LogP contribution in [0.4, 0.5) is 5.69 Å². The van der Waals surface area contributed by atoms with Crippen LogP contribution in [0, 0.1) is 0 Å². The first-order valence-electron chi connectivity index (χ1n) is 7.41. The minimum absolute atomic E-state index is 0.116. The third kappa shape index (κ3) is 4.65. The quantitative estimate of drug-likeness (QED) is 0.806. The molecule has 2 aromatic rings. The Hall–Kier alpha value is -2.71. The molecule has 0 fully saturated rings. The third-order valence-electron chi connectivity index (χ3n) is 3.49. The molecule has 0 radical (unpaired) electrons. The average molecular weight is 361 g/mol. The highest BCUT2D eigenvalue weighted by Gasteiger charge is 2.17. The van der Waals surface area contributed by atoms with E-state index in [-0.39, 0.29) is 17.2 Å². The van der Waals surface area contributed by atoms with Crippen molar-refractivity contribution in [2.24, 2.45) is 5.73 Å². The first kappa shape index (κ1) is 18.6. The predicted octanol–water partition coefficient (Wildman–Crippen LogP) is 1.22. The lowest BCUT2D eigenvalue weighted by Crippen LogP contribution is -2.22. The number of carbonyl (C=O) groups excluding carboxylic acids is 2. The molecule has 0 saturated carbocycles. The standard InChI is InChI=1S/C17H19N3O4S/c1-20(2)25(23,24)15-9-5-13(6-10-15)17(22)19-14-7-3-12(4-8-14)11-16(18)21/h3-10H,11H2,1-2H3,(H2,18,21)(H,19,22). The van der Waals surface area contributed by atoms with E-state index in [4.69, 9.17) is 5.73 Å². The highest BCUT2D eigenvalue weighted by atomic mass is 32.2. The van der Waals surface area contributed by atoms with Gasteiger partial charge in [0.15, 0.2) is 0 Å². The van der Waals surface area contributed by atoms with Crippen molar-refractivity contribution in [1.82, 2.24) is 4.31 Å². The van der Waals surface area contributed by atoms with Gasteiger partial charge < -0.3 is 11.1 Å². The molecule has 0 atom stereocenters. The molecule has 25 heavy (non-hydrogen) atoms. The largest absolute Gasteiger partial charge is 0.369 e. The van der Waals surface area contributed by atoms with Crippen LogP contribution >= 0.6 is 0 Å². The van der Waals surface area contributed by atoms with Crippen LogP contribution in [0.25, 0.3) is 0 Å². The Kier molecular flexibility index (Phi) is 5.55. The van der Waals surface area contributed by atoms with E-state index in [1.807, 2.05) is 0 Å². The normalized spacial score (nSPS) is 11.3. The molecule has 0 aliphatic rings. The van der Waals surface area contributed by atoms with Crippen molar-refractivity contribution >= 4 is 27.5 Å². The number of anilines is 1. The monoisotopic (exact) mass is 361 g/mol. The zero-order chi connectivity index (χ0) is 18.6. The van der Waals surface area contributed by atoms with Gasteiger partial charge in [0.1, 0.15) is 0 Å². The maximum atomic E-state index is 12.2. The first-order valence-corrected chi connectivity index (χ1v) is 8.85. The van der Waals surface area contributed by atoms with Gasteiger partial charge in [0.2, 0.25) is 15.9 Å². The molecule has 3 N–H and O–H groups in total. The van der Waals surface area contributed by atoms with Crippen molar-refractivity contribution in [2.45, 2.75) is 11.3 Å². The van der Waals surface area contributed by atoms with E-state index in [0.717, 1.165) is 9.87 Å². The number of carbonyl (C=O) groups is 2. The van der Waals surface area contributed by atoms with Gasteiger partial charge in [-0.3, -0.25) is 9.59 Å². The SMILES string of the molecule is CN(C)S(=O)(=O)c1ccc(C(=O)Nc2ccc(CC(N)=O)cc2)cc1. The Labute approximate surface area is 146 Å². The molecule has 0 saturated heterocycles. The summed E-state index contributed by atoms with van der Waals surface area (Å²) in [6, 6.07) is 12.4. The van der Waals surface area contributed by atoms with Crippen LogP contribution < -0.4 is 11.1 Å². The number of amides is 2. The molecule has 7 nitrogen and oxygen atoms in total. The number of primary amides is 1. The van der Waals surface area contributed by atoms with Crippen LogP contribution in [-0.4, -0.2) is 38.6 Å². The minimum atomic E-state index is -3.53. The van der Waals surface area contributed by atoms with Crippen LogP contribution in [0.15, 0.2) is 53.4 Å². The Bertz CT molecular complexity index is 873. The number of hydrogen-bond donors (Lipinski definition) is 2. The van der Waals surface area contributed by atoms with Gasteiger partial charge in [-0.05, 0) is 42.0 Å². The number of benzene rings is 2. The molecule has 0 aliphatic heterocycles. The van der Waals surface area contributed by atoms with Crippen molar-refractivity contribution in [3.05, 3.63) is 59.7 Å². The van der Waals surface area contributed by atoms with Gasteiger partial charge in [0.25, 0.3) is 5.91 Å². The first-order chi connectivity index (χ1) is 11.7. The fourth-order valence-electron chi connectivity index (χ4n) is 2.10. The van der Waals surface area contributed by atoms with Crippen molar-refractivity contribution < 1.29 is 18.0 Å². The van der Waals surface area contributed by atoms with Crippen LogP contribution in [0.3, 0.4) is 0 Å². The zero-order valence-corrected chi connectivity index (χ0v) is 14.7. The summed E-state index contributed by atoms with van der Waals surface area (Å²) in [5.41, 5.74) is 6.77. The van der Waals surface area contributed by atoms with Crippen molar-refractivity contribution in [1.29, 1.82) is 0 Å². The van der Waals surface area contributed by atoms with Crippen molar-refractivity contribution in [3.8, 4) is 0 Å². The van der Waals surface area contributed by atoms with Crippen LogP contribution in [0.5, 0.6) is 0 Å². The molecule has 2 aromatic carbocycles. The van der Waals surface area contributed by atoms with E-state index in [9.17, 15) is 18.0 Å². The van der Waals surface area contributed by atoms with Gasteiger partial charge >= 0.3 is 0 Å². The Morgan fingerprint density at radius 1 is 1.00 bits per heavy atom. The fraction of sp³-hybridized carbons (Fsp3) is 0.176. The van der Waals surface area contributed by atoms with Crippen molar-refractivity contribution in [3.63, 3.8) is 0 Å². The lowest BCUT2D eigenvalue weighted by Gasteiger charge is -2.11. The molecule has 2 amide bonds. The van der Waals surface area contributed by atoms with Gasteiger partial charge in [-0.25, -0.2) is 12.7 Å². The lowest BCUT2D eigenvalue weighted by molar-refractivity contribution is -0.117. The van der Waals surface area contributed by atoms with E-state index in [1.165, 1.54) is 38.4 Å². The summed E-state index contributed by atoms with van der Waals surface area (Å²) in [6.07, 6.45) is 0.135. The summed E-state index contributed by atoms with van der Waals surface area (Å²) in [4.78, 5) is 23.2. The van der Waals surface area contributed by atoms with E-state index < -0.39 is 15.9 Å². The number of nitrogens with zero attached hydrogens (tertiary/aromatic N) is 1. The smallest absolute Gasteiger partial charge is 0.255 e. The summed E-state index contributed by atoms with van der Waals surface area (Å²) in [7, 11) is -0.645.